The minimum Gasteiger partial charge on any atom is -0.481 e. The largest absolute Gasteiger partial charge is 0.481 e. The lowest BCUT2D eigenvalue weighted by Crippen LogP contribution is -2.35. The Bertz CT molecular complexity index is 470. The van der Waals surface area contributed by atoms with Crippen molar-refractivity contribution in [2.45, 2.75) is 45.3 Å². The molecule has 0 amide bonds. The molecule has 2 heterocycles. The minimum absolute atomic E-state index is 0.0862. The highest BCUT2D eigenvalue weighted by Gasteiger charge is 2.26. The standard InChI is InChI=1S/C13H21N3O3/c1-8-5-10-11(6-9(2)14-8)15-16(13(10)19-4)7-12(17)18-3/h8-9,14H,5-7H2,1-4H3. The number of rotatable bonds is 3. The second-order valence-corrected chi connectivity index (χ2v) is 5.05. The summed E-state index contributed by atoms with van der Waals surface area (Å²) >= 11 is 0. The van der Waals surface area contributed by atoms with Crippen LogP contribution >= 0.6 is 0 Å². The smallest absolute Gasteiger partial charge is 0.327 e. The number of nitrogens with zero attached hydrogens (tertiary/aromatic N) is 2. The van der Waals surface area contributed by atoms with Crippen LogP contribution in [-0.4, -0.2) is 42.1 Å². The quantitative estimate of drug-likeness (QED) is 0.809. The summed E-state index contributed by atoms with van der Waals surface area (Å²) in [6.45, 7) is 4.36. The summed E-state index contributed by atoms with van der Waals surface area (Å²) < 4.78 is 11.7. The Labute approximate surface area is 113 Å². The average Bonchev–Trinajstić information content (AvgIpc) is 2.57. The molecule has 0 bridgehead atoms. The van der Waals surface area contributed by atoms with E-state index < -0.39 is 0 Å². The molecule has 6 nitrogen and oxygen atoms in total. The molecule has 19 heavy (non-hydrogen) atoms. The van der Waals surface area contributed by atoms with Crippen molar-refractivity contribution in [2.24, 2.45) is 0 Å². The van der Waals surface area contributed by atoms with E-state index in [2.05, 4.69) is 29.0 Å². The molecule has 0 radical (unpaired) electrons. The van der Waals surface area contributed by atoms with Gasteiger partial charge < -0.3 is 14.8 Å². The number of methoxy groups -OCH3 is 2. The van der Waals surface area contributed by atoms with Crippen LogP contribution < -0.4 is 10.1 Å². The molecule has 1 aliphatic heterocycles. The van der Waals surface area contributed by atoms with Crippen LogP contribution in [0.4, 0.5) is 0 Å². The second kappa shape index (κ2) is 5.61. The van der Waals surface area contributed by atoms with Crippen LogP contribution in [0.2, 0.25) is 0 Å². The third-order valence-electron chi connectivity index (χ3n) is 3.36. The molecule has 1 aromatic rings. The van der Waals surface area contributed by atoms with Crippen molar-refractivity contribution in [1.82, 2.24) is 15.1 Å². The minimum atomic E-state index is -0.324. The first-order valence-corrected chi connectivity index (χ1v) is 6.50. The number of carbonyl (C=O) groups excluding carboxylic acids is 1. The Morgan fingerprint density at radius 1 is 1.37 bits per heavy atom. The van der Waals surface area contributed by atoms with Crippen molar-refractivity contribution in [1.29, 1.82) is 0 Å². The lowest BCUT2D eigenvalue weighted by Gasteiger charge is -2.15. The lowest BCUT2D eigenvalue weighted by molar-refractivity contribution is -0.141. The third kappa shape index (κ3) is 2.89. The van der Waals surface area contributed by atoms with Gasteiger partial charge in [0.05, 0.1) is 19.9 Å². The van der Waals surface area contributed by atoms with Gasteiger partial charge in [-0.3, -0.25) is 4.79 Å². The molecule has 6 heteroatoms. The zero-order chi connectivity index (χ0) is 14.0. The monoisotopic (exact) mass is 267 g/mol. The topological polar surface area (TPSA) is 65.4 Å². The normalized spacial score (nSPS) is 22.5. The molecular weight excluding hydrogens is 246 g/mol. The van der Waals surface area contributed by atoms with Crippen LogP contribution in [0.15, 0.2) is 0 Å². The zero-order valence-electron chi connectivity index (χ0n) is 11.9. The molecule has 0 spiro atoms. The number of carbonyl (C=O) groups is 1. The first kappa shape index (κ1) is 13.9. The van der Waals surface area contributed by atoms with E-state index in [4.69, 9.17) is 4.74 Å². The summed E-state index contributed by atoms with van der Waals surface area (Å²) in [7, 11) is 2.98. The van der Waals surface area contributed by atoms with E-state index in [0.717, 1.165) is 24.1 Å². The van der Waals surface area contributed by atoms with E-state index in [-0.39, 0.29) is 12.5 Å². The molecule has 0 saturated carbocycles. The first-order valence-electron chi connectivity index (χ1n) is 6.50. The maximum atomic E-state index is 11.4. The first-order chi connectivity index (χ1) is 9.05. The van der Waals surface area contributed by atoms with Crippen molar-refractivity contribution in [3.05, 3.63) is 11.3 Å². The molecule has 2 rings (SSSR count). The van der Waals surface area contributed by atoms with Crippen LogP contribution in [0.25, 0.3) is 0 Å². The Kier molecular flexibility index (Phi) is 4.09. The Balaban J connectivity index is 2.35. The van der Waals surface area contributed by atoms with Gasteiger partial charge in [0, 0.05) is 24.1 Å². The number of ether oxygens (including phenoxy) is 2. The molecule has 0 aromatic carbocycles. The predicted molar refractivity (Wildman–Crippen MR) is 70.3 cm³/mol. The Hall–Kier alpha value is -1.56. The molecule has 2 unspecified atom stereocenters. The lowest BCUT2D eigenvalue weighted by atomic mass is 10.1. The highest BCUT2D eigenvalue weighted by molar-refractivity contribution is 5.69. The SMILES string of the molecule is COC(=O)Cn1nc2c(c1OC)CC(C)NC(C)C2. The van der Waals surface area contributed by atoms with E-state index in [0.29, 0.717) is 18.0 Å². The summed E-state index contributed by atoms with van der Waals surface area (Å²) in [6, 6.07) is 0.725. The molecule has 2 atom stereocenters. The zero-order valence-corrected chi connectivity index (χ0v) is 11.9. The fourth-order valence-corrected chi connectivity index (χ4v) is 2.62. The molecule has 0 saturated heterocycles. The van der Waals surface area contributed by atoms with Gasteiger partial charge in [-0.1, -0.05) is 0 Å². The third-order valence-corrected chi connectivity index (χ3v) is 3.36. The Morgan fingerprint density at radius 3 is 2.68 bits per heavy atom. The summed E-state index contributed by atoms with van der Waals surface area (Å²) in [4.78, 5) is 11.4. The van der Waals surface area contributed by atoms with Gasteiger partial charge in [-0.05, 0) is 20.3 Å². The van der Waals surface area contributed by atoms with Crippen LogP contribution in [0.3, 0.4) is 0 Å². The van der Waals surface area contributed by atoms with E-state index in [1.807, 2.05) is 0 Å². The molecule has 0 aliphatic carbocycles. The van der Waals surface area contributed by atoms with Crippen LogP contribution in [0.1, 0.15) is 25.1 Å². The number of esters is 1. The van der Waals surface area contributed by atoms with Crippen molar-refractivity contribution >= 4 is 5.97 Å². The molecule has 106 valence electrons. The summed E-state index contributed by atoms with van der Waals surface area (Å²) in [5, 5.41) is 8.01. The number of aromatic nitrogens is 2. The van der Waals surface area contributed by atoms with Crippen molar-refractivity contribution in [3.63, 3.8) is 0 Å². The molecule has 1 N–H and O–H groups in total. The van der Waals surface area contributed by atoms with Crippen LogP contribution in [0, 0.1) is 0 Å². The number of hydrogen-bond donors (Lipinski definition) is 1. The van der Waals surface area contributed by atoms with Crippen molar-refractivity contribution in [2.75, 3.05) is 14.2 Å². The van der Waals surface area contributed by atoms with Gasteiger partial charge in [0.25, 0.3) is 0 Å². The number of nitrogens with one attached hydrogen (secondary N) is 1. The fourth-order valence-electron chi connectivity index (χ4n) is 2.62. The van der Waals surface area contributed by atoms with Gasteiger partial charge in [-0.2, -0.15) is 5.10 Å². The maximum absolute atomic E-state index is 11.4. The van der Waals surface area contributed by atoms with Gasteiger partial charge in [-0.25, -0.2) is 4.68 Å². The van der Waals surface area contributed by atoms with E-state index in [9.17, 15) is 4.79 Å². The average molecular weight is 267 g/mol. The highest BCUT2D eigenvalue weighted by Crippen LogP contribution is 2.27. The van der Waals surface area contributed by atoms with Crippen molar-refractivity contribution in [3.8, 4) is 5.88 Å². The van der Waals surface area contributed by atoms with Gasteiger partial charge >= 0.3 is 5.97 Å². The summed E-state index contributed by atoms with van der Waals surface area (Å²) in [6.07, 6.45) is 1.69. The molecule has 0 fully saturated rings. The molecule has 1 aromatic heterocycles. The molecular formula is C13H21N3O3. The van der Waals surface area contributed by atoms with Gasteiger partial charge in [-0.15, -0.1) is 0 Å². The van der Waals surface area contributed by atoms with E-state index >= 15 is 0 Å². The van der Waals surface area contributed by atoms with Gasteiger partial charge in [0.2, 0.25) is 5.88 Å². The van der Waals surface area contributed by atoms with Crippen LogP contribution in [-0.2, 0) is 28.9 Å². The summed E-state index contributed by atoms with van der Waals surface area (Å²) in [5.74, 6) is 0.346. The van der Waals surface area contributed by atoms with Gasteiger partial charge in [0.1, 0.15) is 6.54 Å². The summed E-state index contributed by atoms with van der Waals surface area (Å²) in [5.41, 5.74) is 2.10. The highest BCUT2D eigenvalue weighted by atomic mass is 16.5. The number of hydrogen-bond acceptors (Lipinski definition) is 5. The van der Waals surface area contributed by atoms with Crippen molar-refractivity contribution < 1.29 is 14.3 Å². The predicted octanol–water partition coefficient (Wildman–Crippen LogP) is 0.530. The maximum Gasteiger partial charge on any atom is 0.327 e. The van der Waals surface area contributed by atoms with E-state index in [1.165, 1.54) is 7.11 Å². The molecule has 1 aliphatic rings. The van der Waals surface area contributed by atoms with Crippen LogP contribution in [0.5, 0.6) is 5.88 Å². The Morgan fingerprint density at radius 2 is 2.05 bits per heavy atom. The van der Waals surface area contributed by atoms with Gasteiger partial charge in [0.15, 0.2) is 0 Å². The number of fused-ring (bicyclic) bond motifs is 1. The second-order valence-electron chi connectivity index (χ2n) is 5.05. The van der Waals surface area contributed by atoms with E-state index in [1.54, 1.807) is 11.8 Å². The fraction of sp³-hybridized carbons (Fsp3) is 0.692.